The van der Waals surface area contributed by atoms with E-state index in [1.54, 1.807) is 12.0 Å². The number of rotatable bonds is 6. The lowest BCUT2D eigenvalue weighted by Crippen LogP contribution is -2.50. The molecular weight excluding hydrogens is 248 g/mol. The molecule has 0 aromatic heterocycles. The summed E-state index contributed by atoms with van der Waals surface area (Å²) in [5.74, 6) is -0.360. The largest absolute Gasteiger partial charge is 0.480 e. The minimum Gasteiger partial charge on any atom is -0.480 e. The third-order valence-electron chi connectivity index (χ3n) is 4.11. The van der Waals surface area contributed by atoms with Crippen LogP contribution in [0, 0.1) is 5.92 Å². The number of likely N-dealkylation sites (tertiary alicyclic amines) is 1. The molecule has 2 fully saturated rings. The Morgan fingerprint density at radius 2 is 2.26 bits per heavy atom. The summed E-state index contributed by atoms with van der Waals surface area (Å²) in [5.41, 5.74) is 0. The van der Waals surface area contributed by atoms with E-state index in [0.29, 0.717) is 31.4 Å². The molecule has 2 amide bonds. The van der Waals surface area contributed by atoms with Crippen molar-refractivity contribution in [3.05, 3.63) is 0 Å². The average molecular weight is 270 g/mol. The van der Waals surface area contributed by atoms with Crippen LogP contribution in [0.5, 0.6) is 0 Å². The summed E-state index contributed by atoms with van der Waals surface area (Å²) in [6.45, 7) is 1.29. The Morgan fingerprint density at radius 3 is 2.79 bits per heavy atom. The Morgan fingerprint density at radius 1 is 1.47 bits per heavy atom. The standard InChI is InChI=1S/C13H22N2O4/c1-19-6-2-3-11(12(16)17)14-13(18)15-8-9-4-5-10(15)7-9/h9-11H,2-8H2,1H3,(H,14,18)(H,16,17). The van der Waals surface area contributed by atoms with E-state index in [9.17, 15) is 9.59 Å². The van der Waals surface area contributed by atoms with Crippen molar-refractivity contribution in [2.45, 2.75) is 44.2 Å². The number of amides is 2. The first-order chi connectivity index (χ1) is 9.11. The van der Waals surface area contributed by atoms with Crippen molar-refractivity contribution in [2.24, 2.45) is 5.92 Å². The van der Waals surface area contributed by atoms with Gasteiger partial charge in [-0.1, -0.05) is 0 Å². The fourth-order valence-corrected chi connectivity index (χ4v) is 3.09. The predicted octanol–water partition coefficient (Wildman–Crippen LogP) is 1.06. The van der Waals surface area contributed by atoms with Gasteiger partial charge in [-0.05, 0) is 38.0 Å². The molecule has 2 N–H and O–H groups in total. The number of methoxy groups -OCH3 is 1. The van der Waals surface area contributed by atoms with E-state index in [1.807, 2.05) is 0 Å². The number of nitrogens with zero attached hydrogens (tertiary/aromatic N) is 1. The maximum atomic E-state index is 12.1. The van der Waals surface area contributed by atoms with Gasteiger partial charge >= 0.3 is 12.0 Å². The van der Waals surface area contributed by atoms with E-state index in [2.05, 4.69) is 5.32 Å². The first-order valence-electron chi connectivity index (χ1n) is 6.90. The van der Waals surface area contributed by atoms with Gasteiger partial charge in [-0.2, -0.15) is 0 Å². The fourth-order valence-electron chi connectivity index (χ4n) is 3.09. The molecule has 0 radical (unpaired) electrons. The molecule has 2 bridgehead atoms. The maximum absolute atomic E-state index is 12.1. The van der Waals surface area contributed by atoms with Crippen molar-refractivity contribution in [1.29, 1.82) is 0 Å². The second-order valence-electron chi connectivity index (χ2n) is 5.46. The molecule has 2 aliphatic rings. The minimum absolute atomic E-state index is 0.225. The molecule has 1 saturated heterocycles. The van der Waals surface area contributed by atoms with Gasteiger partial charge in [-0.3, -0.25) is 0 Å². The van der Waals surface area contributed by atoms with Crippen LogP contribution in [-0.4, -0.2) is 54.4 Å². The summed E-state index contributed by atoms with van der Waals surface area (Å²) in [6.07, 6.45) is 4.36. The quantitative estimate of drug-likeness (QED) is 0.707. The number of carbonyl (C=O) groups is 2. The molecule has 2 rings (SSSR count). The summed E-state index contributed by atoms with van der Waals surface area (Å²) < 4.78 is 4.90. The molecule has 1 aliphatic heterocycles. The fraction of sp³-hybridized carbons (Fsp3) is 0.846. The lowest BCUT2D eigenvalue weighted by molar-refractivity contribution is -0.139. The summed E-state index contributed by atoms with van der Waals surface area (Å²) in [7, 11) is 1.58. The zero-order valence-electron chi connectivity index (χ0n) is 11.3. The summed E-state index contributed by atoms with van der Waals surface area (Å²) in [5, 5.41) is 11.8. The molecule has 3 unspecified atom stereocenters. The summed E-state index contributed by atoms with van der Waals surface area (Å²) >= 11 is 0. The lowest BCUT2D eigenvalue weighted by Gasteiger charge is -2.28. The molecule has 19 heavy (non-hydrogen) atoms. The number of aliphatic carboxylic acids is 1. The van der Waals surface area contributed by atoms with Gasteiger partial charge in [0.15, 0.2) is 0 Å². The van der Waals surface area contributed by atoms with Crippen molar-refractivity contribution >= 4 is 12.0 Å². The molecule has 1 heterocycles. The number of hydrogen-bond acceptors (Lipinski definition) is 3. The van der Waals surface area contributed by atoms with Gasteiger partial charge in [0.25, 0.3) is 0 Å². The highest BCUT2D eigenvalue weighted by Crippen LogP contribution is 2.37. The first kappa shape index (κ1) is 14.1. The Labute approximate surface area is 113 Å². The SMILES string of the molecule is COCCCC(NC(=O)N1CC2CCC1C2)C(=O)O. The Kier molecular flexibility index (Phi) is 4.63. The number of ether oxygens (including phenoxy) is 1. The van der Waals surface area contributed by atoms with E-state index < -0.39 is 12.0 Å². The van der Waals surface area contributed by atoms with Crippen LogP contribution >= 0.6 is 0 Å². The Bertz CT molecular complexity index is 348. The van der Waals surface area contributed by atoms with E-state index in [4.69, 9.17) is 9.84 Å². The normalized spacial score (nSPS) is 26.5. The highest BCUT2D eigenvalue weighted by atomic mass is 16.5. The van der Waals surface area contributed by atoms with Gasteiger partial charge in [0.1, 0.15) is 6.04 Å². The van der Waals surface area contributed by atoms with Crippen LogP contribution in [0.3, 0.4) is 0 Å². The Balaban J connectivity index is 1.83. The number of carboxylic acids is 1. The summed E-state index contributed by atoms with van der Waals surface area (Å²) in [6, 6.07) is -0.725. The minimum atomic E-state index is -0.978. The predicted molar refractivity (Wildman–Crippen MR) is 68.9 cm³/mol. The number of hydrogen-bond donors (Lipinski definition) is 2. The number of fused-ring (bicyclic) bond motifs is 2. The van der Waals surface area contributed by atoms with Crippen LogP contribution in [0.1, 0.15) is 32.1 Å². The second-order valence-corrected chi connectivity index (χ2v) is 5.46. The number of nitrogens with one attached hydrogen (secondary N) is 1. The van der Waals surface area contributed by atoms with Crippen molar-refractivity contribution in [1.82, 2.24) is 10.2 Å². The summed E-state index contributed by atoms with van der Waals surface area (Å²) in [4.78, 5) is 25.0. The number of urea groups is 1. The third kappa shape index (κ3) is 3.37. The van der Waals surface area contributed by atoms with E-state index >= 15 is 0 Å². The van der Waals surface area contributed by atoms with Crippen LogP contribution < -0.4 is 5.32 Å². The topological polar surface area (TPSA) is 78.9 Å². The first-order valence-corrected chi connectivity index (χ1v) is 6.90. The van der Waals surface area contributed by atoms with Gasteiger partial charge in [-0.15, -0.1) is 0 Å². The van der Waals surface area contributed by atoms with Gasteiger partial charge in [0, 0.05) is 26.3 Å². The molecule has 3 atom stereocenters. The molecule has 6 nitrogen and oxygen atoms in total. The molecule has 6 heteroatoms. The van der Waals surface area contributed by atoms with E-state index in [-0.39, 0.29) is 6.03 Å². The van der Waals surface area contributed by atoms with Gasteiger partial charge in [0.2, 0.25) is 0 Å². The molecule has 0 spiro atoms. The highest BCUT2D eigenvalue weighted by Gasteiger charge is 2.40. The molecule has 0 aromatic rings. The van der Waals surface area contributed by atoms with Gasteiger partial charge in [-0.25, -0.2) is 9.59 Å². The van der Waals surface area contributed by atoms with Crippen LogP contribution in [0.4, 0.5) is 4.79 Å². The molecule has 1 saturated carbocycles. The van der Waals surface area contributed by atoms with E-state index in [0.717, 1.165) is 19.4 Å². The van der Waals surface area contributed by atoms with Crippen LogP contribution in [-0.2, 0) is 9.53 Å². The van der Waals surface area contributed by atoms with Crippen molar-refractivity contribution in [2.75, 3.05) is 20.3 Å². The number of carbonyl (C=O) groups excluding carboxylic acids is 1. The van der Waals surface area contributed by atoms with Gasteiger partial charge in [0.05, 0.1) is 0 Å². The van der Waals surface area contributed by atoms with Gasteiger partial charge < -0.3 is 20.1 Å². The molecule has 1 aliphatic carbocycles. The average Bonchev–Trinajstić information content (AvgIpc) is 2.99. The maximum Gasteiger partial charge on any atom is 0.326 e. The number of piperidine rings is 1. The highest BCUT2D eigenvalue weighted by molar-refractivity contribution is 5.82. The van der Waals surface area contributed by atoms with Crippen molar-refractivity contribution in [3.8, 4) is 0 Å². The van der Waals surface area contributed by atoms with E-state index in [1.165, 1.54) is 6.42 Å². The molecular formula is C13H22N2O4. The third-order valence-corrected chi connectivity index (χ3v) is 4.11. The monoisotopic (exact) mass is 270 g/mol. The Hall–Kier alpha value is -1.30. The zero-order valence-corrected chi connectivity index (χ0v) is 11.3. The van der Waals surface area contributed by atoms with Crippen LogP contribution in [0.2, 0.25) is 0 Å². The van der Waals surface area contributed by atoms with Crippen LogP contribution in [0.25, 0.3) is 0 Å². The second kappa shape index (κ2) is 6.23. The van der Waals surface area contributed by atoms with Crippen molar-refractivity contribution < 1.29 is 19.4 Å². The lowest BCUT2D eigenvalue weighted by atomic mass is 10.1. The smallest absolute Gasteiger partial charge is 0.326 e. The zero-order chi connectivity index (χ0) is 13.8. The number of carboxylic acid groups (broad SMARTS) is 1. The van der Waals surface area contributed by atoms with Crippen LogP contribution in [0.15, 0.2) is 0 Å². The molecule has 108 valence electrons. The van der Waals surface area contributed by atoms with Crippen molar-refractivity contribution in [3.63, 3.8) is 0 Å². The molecule has 0 aromatic carbocycles.